The van der Waals surface area contributed by atoms with E-state index in [0.717, 1.165) is 32.2 Å². The van der Waals surface area contributed by atoms with Gasteiger partial charge in [0, 0.05) is 13.0 Å². The zero-order chi connectivity index (χ0) is 12.5. The molecule has 0 aliphatic carbocycles. The van der Waals surface area contributed by atoms with E-state index in [1.54, 1.807) is 4.90 Å². The Hall–Kier alpha value is -1.12. The highest BCUT2D eigenvalue weighted by Crippen LogP contribution is 2.09. The Morgan fingerprint density at radius 2 is 2.18 bits per heavy atom. The second-order valence-corrected chi connectivity index (χ2v) is 4.28. The van der Waals surface area contributed by atoms with Crippen molar-refractivity contribution in [3.63, 3.8) is 0 Å². The van der Waals surface area contributed by atoms with Gasteiger partial charge in [0.2, 0.25) is 5.91 Å². The van der Waals surface area contributed by atoms with E-state index in [1.165, 1.54) is 0 Å². The molecular formula is C12H21N3O2. The first-order valence-electron chi connectivity index (χ1n) is 6.27. The minimum atomic E-state index is -0.454. The second kappa shape index (κ2) is 8.04. The minimum absolute atomic E-state index is 0.140. The Labute approximate surface area is 103 Å². The van der Waals surface area contributed by atoms with E-state index in [9.17, 15) is 4.79 Å². The summed E-state index contributed by atoms with van der Waals surface area (Å²) in [6, 6.07) is 2.04. The van der Waals surface area contributed by atoms with Crippen molar-refractivity contribution < 1.29 is 9.53 Å². The summed E-state index contributed by atoms with van der Waals surface area (Å²) >= 11 is 0. The highest BCUT2D eigenvalue weighted by molar-refractivity contribution is 5.76. The maximum Gasteiger partial charge on any atom is 0.222 e. The summed E-state index contributed by atoms with van der Waals surface area (Å²) in [5, 5.41) is 8.74. The molecule has 0 aromatic heterocycles. The van der Waals surface area contributed by atoms with Crippen LogP contribution in [0.25, 0.3) is 0 Å². The minimum Gasteiger partial charge on any atom is -0.360 e. The zero-order valence-corrected chi connectivity index (χ0v) is 10.2. The first-order valence-corrected chi connectivity index (χ1v) is 6.27. The van der Waals surface area contributed by atoms with Gasteiger partial charge in [-0.15, -0.1) is 0 Å². The predicted molar refractivity (Wildman–Crippen MR) is 64.1 cm³/mol. The molecule has 0 aromatic rings. The van der Waals surface area contributed by atoms with E-state index in [4.69, 9.17) is 15.7 Å². The fourth-order valence-corrected chi connectivity index (χ4v) is 1.89. The third kappa shape index (κ3) is 5.16. The van der Waals surface area contributed by atoms with Gasteiger partial charge in [-0.25, -0.2) is 0 Å². The van der Waals surface area contributed by atoms with E-state index < -0.39 is 6.10 Å². The number of hydrogen-bond acceptors (Lipinski definition) is 4. The first kappa shape index (κ1) is 13.9. The maximum atomic E-state index is 11.8. The molecule has 0 bridgehead atoms. The van der Waals surface area contributed by atoms with Gasteiger partial charge in [-0.2, -0.15) is 5.26 Å². The molecule has 96 valence electrons. The van der Waals surface area contributed by atoms with Crippen LogP contribution in [0.4, 0.5) is 0 Å². The van der Waals surface area contributed by atoms with Crippen LogP contribution in [0.5, 0.6) is 0 Å². The molecule has 5 heteroatoms. The largest absolute Gasteiger partial charge is 0.360 e. The van der Waals surface area contributed by atoms with E-state index in [-0.39, 0.29) is 5.91 Å². The number of carbonyl (C=O) groups is 1. The quantitative estimate of drug-likeness (QED) is 0.690. The van der Waals surface area contributed by atoms with Gasteiger partial charge in [-0.1, -0.05) is 12.8 Å². The van der Waals surface area contributed by atoms with Gasteiger partial charge >= 0.3 is 0 Å². The van der Waals surface area contributed by atoms with Crippen molar-refractivity contribution in [1.82, 2.24) is 4.90 Å². The molecule has 1 aliphatic rings. The van der Waals surface area contributed by atoms with Crippen LogP contribution in [-0.2, 0) is 9.53 Å². The van der Waals surface area contributed by atoms with Crippen LogP contribution in [-0.4, -0.2) is 43.2 Å². The van der Waals surface area contributed by atoms with Crippen molar-refractivity contribution >= 4 is 5.91 Å². The van der Waals surface area contributed by atoms with Crippen LogP contribution in [0.3, 0.4) is 0 Å². The molecular weight excluding hydrogens is 218 g/mol. The SMILES string of the molecule is N#CC1CN(C(=O)CCCCCCN)CCO1. The normalized spacial score (nSPS) is 20.0. The summed E-state index contributed by atoms with van der Waals surface area (Å²) in [7, 11) is 0. The summed E-state index contributed by atoms with van der Waals surface area (Å²) in [5.74, 6) is 0.140. The third-order valence-electron chi connectivity index (χ3n) is 2.91. The number of ether oxygens (including phenoxy) is 1. The van der Waals surface area contributed by atoms with Crippen molar-refractivity contribution in [3.05, 3.63) is 0 Å². The molecule has 1 atom stereocenters. The molecule has 5 nitrogen and oxygen atoms in total. The predicted octanol–water partition coefficient (Wildman–Crippen LogP) is 0.647. The molecule has 2 N–H and O–H groups in total. The van der Waals surface area contributed by atoms with Gasteiger partial charge in [0.05, 0.1) is 19.2 Å². The molecule has 0 aromatic carbocycles. The Morgan fingerprint density at radius 1 is 1.41 bits per heavy atom. The number of morpholine rings is 1. The lowest BCUT2D eigenvalue weighted by Crippen LogP contribution is -2.45. The highest BCUT2D eigenvalue weighted by Gasteiger charge is 2.23. The van der Waals surface area contributed by atoms with Crippen molar-refractivity contribution in [1.29, 1.82) is 5.26 Å². The summed E-state index contributed by atoms with van der Waals surface area (Å²) in [4.78, 5) is 13.6. The highest BCUT2D eigenvalue weighted by atomic mass is 16.5. The number of unbranched alkanes of at least 4 members (excludes halogenated alkanes) is 3. The standard InChI is InChI=1S/C12H21N3O2/c13-6-4-2-1-3-5-12(16)15-7-8-17-11(9-14)10-15/h11H,1-8,10,13H2. The number of carbonyl (C=O) groups excluding carboxylic acids is 1. The first-order chi connectivity index (χ1) is 8.27. The van der Waals surface area contributed by atoms with Crippen LogP contribution in [0.2, 0.25) is 0 Å². The van der Waals surface area contributed by atoms with Crippen LogP contribution >= 0.6 is 0 Å². The number of nitrogens with zero attached hydrogens (tertiary/aromatic N) is 2. The lowest BCUT2D eigenvalue weighted by Gasteiger charge is -2.29. The van der Waals surface area contributed by atoms with E-state index in [0.29, 0.717) is 26.1 Å². The summed E-state index contributed by atoms with van der Waals surface area (Å²) in [6.07, 6.45) is 4.20. The van der Waals surface area contributed by atoms with Gasteiger partial charge in [0.15, 0.2) is 6.10 Å². The van der Waals surface area contributed by atoms with Crippen LogP contribution in [0.15, 0.2) is 0 Å². The summed E-state index contributed by atoms with van der Waals surface area (Å²) < 4.78 is 5.20. The van der Waals surface area contributed by atoms with Gasteiger partial charge in [0.25, 0.3) is 0 Å². The fraction of sp³-hybridized carbons (Fsp3) is 0.833. The zero-order valence-electron chi connectivity index (χ0n) is 10.2. The van der Waals surface area contributed by atoms with E-state index in [2.05, 4.69) is 0 Å². The van der Waals surface area contributed by atoms with Crippen LogP contribution in [0, 0.1) is 11.3 Å². The van der Waals surface area contributed by atoms with Crippen LogP contribution < -0.4 is 5.73 Å². The lowest BCUT2D eigenvalue weighted by atomic mass is 10.1. The van der Waals surface area contributed by atoms with Gasteiger partial charge in [-0.3, -0.25) is 4.79 Å². The molecule has 1 rings (SSSR count). The van der Waals surface area contributed by atoms with E-state index in [1.807, 2.05) is 6.07 Å². The molecule has 0 saturated carbocycles. The molecule has 1 heterocycles. The number of rotatable bonds is 6. The molecule has 1 amide bonds. The Kier molecular flexibility index (Phi) is 6.60. The molecule has 0 spiro atoms. The number of nitriles is 1. The Balaban J connectivity index is 2.16. The van der Waals surface area contributed by atoms with Crippen molar-refractivity contribution in [2.75, 3.05) is 26.2 Å². The topological polar surface area (TPSA) is 79.4 Å². The van der Waals surface area contributed by atoms with Crippen molar-refractivity contribution in [2.45, 2.75) is 38.2 Å². The van der Waals surface area contributed by atoms with Crippen molar-refractivity contribution in [2.24, 2.45) is 5.73 Å². The average molecular weight is 239 g/mol. The maximum absolute atomic E-state index is 11.8. The van der Waals surface area contributed by atoms with Gasteiger partial charge < -0.3 is 15.4 Å². The van der Waals surface area contributed by atoms with Gasteiger partial charge in [0.1, 0.15) is 0 Å². The lowest BCUT2D eigenvalue weighted by molar-refractivity contribution is -0.137. The van der Waals surface area contributed by atoms with E-state index >= 15 is 0 Å². The summed E-state index contributed by atoms with van der Waals surface area (Å²) in [5.41, 5.74) is 5.40. The Bertz CT molecular complexity index is 275. The molecule has 1 fully saturated rings. The fourth-order valence-electron chi connectivity index (χ4n) is 1.89. The summed E-state index contributed by atoms with van der Waals surface area (Å²) in [6.45, 7) is 2.22. The smallest absolute Gasteiger partial charge is 0.222 e. The number of nitrogens with two attached hydrogens (primary N) is 1. The molecule has 17 heavy (non-hydrogen) atoms. The molecule has 0 radical (unpaired) electrons. The Morgan fingerprint density at radius 3 is 2.88 bits per heavy atom. The monoisotopic (exact) mass is 239 g/mol. The molecule has 1 aliphatic heterocycles. The van der Waals surface area contributed by atoms with Crippen LogP contribution in [0.1, 0.15) is 32.1 Å². The van der Waals surface area contributed by atoms with Crippen molar-refractivity contribution in [3.8, 4) is 6.07 Å². The van der Waals surface area contributed by atoms with Gasteiger partial charge in [-0.05, 0) is 19.4 Å². The molecule has 1 saturated heterocycles. The number of amides is 1. The molecule has 1 unspecified atom stereocenters. The third-order valence-corrected chi connectivity index (χ3v) is 2.91. The second-order valence-electron chi connectivity index (χ2n) is 4.28. The number of hydrogen-bond donors (Lipinski definition) is 1. The average Bonchev–Trinajstić information content (AvgIpc) is 2.38.